The average Bonchev–Trinajstić information content (AvgIpc) is 2.74. The van der Waals surface area contributed by atoms with Gasteiger partial charge in [0.25, 0.3) is 0 Å². The second kappa shape index (κ2) is 29.5. The van der Waals surface area contributed by atoms with Gasteiger partial charge in [0, 0.05) is 7.11 Å². The fourth-order valence-electron chi connectivity index (χ4n) is 3.68. The fraction of sp³-hybridized carbons (Fsp3) is 1.00. The molecule has 0 aliphatic carbocycles. The molecule has 0 aliphatic rings. The van der Waals surface area contributed by atoms with Gasteiger partial charge in [-0.1, -0.05) is 117 Å². The highest BCUT2D eigenvalue weighted by atomic mass is 31.2. The normalized spacial score (nSPS) is 11.2. The van der Waals surface area contributed by atoms with Gasteiger partial charge in [-0.15, -0.1) is 7.92 Å². The van der Waals surface area contributed by atoms with E-state index < -0.39 is 7.82 Å². The van der Waals surface area contributed by atoms with E-state index in [2.05, 4.69) is 25.3 Å². The Kier molecular flexibility index (Phi) is 34.2. The molecule has 5 nitrogen and oxygen atoms in total. The summed E-state index contributed by atoms with van der Waals surface area (Å²) in [6.07, 6.45) is 31.2. The van der Waals surface area contributed by atoms with Crippen LogP contribution in [0.5, 0.6) is 0 Å². The predicted octanol–water partition coefficient (Wildman–Crippen LogP) is 9.44. The summed E-state index contributed by atoms with van der Waals surface area (Å²) in [5.74, 6) is 0. The van der Waals surface area contributed by atoms with Gasteiger partial charge in [-0.2, -0.15) is 0 Å². The van der Waals surface area contributed by atoms with Crippen molar-refractivity contribution in [3.05, 3.63) is 0 Å². The van der Waals surface area contributed by atoms with E-state index in [4.69, 9.17) is 9.79 Å². The molecule has 0 saturated heterocycles. The van der Waals surface area contributed by atoms with Crippen LogP contribution < -0.4 is 6.15 Å². The van der Waals surface area contributed by atoms with E-state index in [1.165, 1.54) is 116 Å². The smallest absolute Gasteiger partial charge is 0.344 e. The van der Waals surface area contributed by atoms with Crippen LogP contribution in [0.3, 0.4) is 0 Å². The van der Waals surface area contributed by atoms with Gasteiger partial charge in [-0.05, 0) is 37.7 Å². The molecule has 0 aromatic heterocycles. The van der Waals surface area contributed by atoms with Crippen LogP contribution in [0.25, 0.3) is 0 Å². The molecule has 0 atom stereocenters. The van der Waals surface area contributed by atoms with E-state index in [-0.39, 0.29) is 6.15 Å². The van der Waals surface area contributed by atoms with Crippen molar-refractivity contribution in [3.8, 4) is 0 Å². The first-order valence-corrected chi connectivity index (χ1v) is 16.7. The summed E-state index contributed by atoms with van der Waals surface area (Å²) in [6, 6.07) is 0. The highest BCUT2D eigenvalue weighted by Crippen LogP contribution is 2.39. The van der Waals surface area contributed by atoms with Gasteiger partial charge in [0.1, 0.15) is 0 Å². The zero-order chi connectivity index (χ0) is 23.6. The van der Waals surface area contributed by atoms with E-state index >= 15 is 0 Å². The number of phosphoric ester groups is 1. The van der Waals surface area contributed by atoms with Gasteiger partial charge in [0.05, 0.1) is 0 Å². The van der Waals surface area contributed by atoms with E-state index in [1.54, 1.807) is 18.5 Å². The van der Waals surface area contributed by atoms with Gasteiger partial charge in [-0.25, -0.2) is 4.57 Å². The molecule has 0 radical (unpaired) electrons. The standard InChI is InChI=1S/C24H51P.CH5O4P.H3N/c1-4-7-10-13-16-19-22-25(23-20-17-14-11-8-5-2)24-21-18-15-12-9-6-3;1-5-6(2,3)4;/h4-24H2,1-3H3;1H3,(H2,2,3,4);1H3. The Morgan fingerprint density at radius 1 is 0.562 bits per heavy atom. The number of unbranched alkanes of at least 4 members (excludes halogenated alkanes) is 15. The van der Waals surface area contributed by atoms with Gasteiger partial charge < -0.3 is 15.9 Å². The molecule has 0 spiro atoms. The first kappa shape index (κ1) is 37.1. The highest BCUT2D eigenvalue weighted by molar-refractivity contribution is 7.57. The maximum Gasteiger partial charge on any atom is 0.469 e. The molecule has 0 aromatic carbocycles. The predicted molar refractivity (Wildman–Crippen MR) is 146 cm³/mol. The van der Waals surface area contributed by atoms with E-state index in [1.807, 2.05) is 0 Å². The van der Waals surface area contributed by atoms with Crippen LogP contribution in [0.4, 0.5) is 0 Å². The molecule has 198 valence electrons. The molecule has 32 heavy (non-hydrogen) atoms. The van der Waals surface area contributed by atoms with Crippen molar-refractivity contribution in [2.24, 2.45) is 0 Å². The Morgan fingerprint density at radius 2 is 0.781 bits per heavy atom. The first-order chi connectivity index (χ1) is 14.9. The molecule has 5 N–H and O–H groups in total. The molecule has 0 amide bonds. The Labute approximate surface area is 202 Å². The van der Waals surface area contributed by atoms with Gasteiger partial charge in [0.2, 0.25) is 0 Å². The molecule has 0 aliphatic heterocycles. The lowest BCUT2D eigenvalue weighted by molar-refractivity contribution is 0.235. The molecular weight excluding hydrogens is 440 g/mol. The van der Waals surface area contributed by atoms with Crippen LogP contribution in [0.1, 0.15) is 136 Å². The summed E-state index contributed by atoms with van der Waals surface area (Å²) < 4.78 is 13.1. The molecule has 0 heterocycles. The van der Waals surface area contributed by atoms with Crippen molar-refractivity contribution in [2.75, 3.05) is 25.6 Å². The molecule has 7 heteroatoms. The van der Waals surface area contributed by atoms with Gasteiger partial charge in [-0.3, -0.25) is 4.52 Å². The third kappa shape index (κ3) is 35.1. The minimum atomic E-state index is -4.15. The number of phosphoric acid groups is 1. The SMILES string of the molecule is CCCCCCCCP(CCCCCCCC)CCCCCCCC.COP(=O)(O)O.N. The monoisotopic (exact) mass is 499 g/mol. The van der Waals surface area contributed by atoms with E-state index in [0.717, 1.165) is 7.11 Å². The fourth-order valence-corrected chi connectivity index (χ4v) is 6.37. The Morgan fingerprint density at radius 3 is 1.00 bits per heavy atom. The van der Waals surface area contributed by atoms with Crippen molar-refractivity contribution in [2.45, 2.75) is 136 Å². The summed E-state index contributed by atoms with van der Waals surface area (Å²) in [5, 5.41) is 0. The van der Waals surface area contributed by atoms with Crippen LogP contribution in [-0.4, -0.2) is 35.4 Å². The summed E-state index contributed by atoms with van der Waals surface area (Å²) in [5.41, 5.74) is 0. The summed E-state index contributed by atoms with van der Waals surface area (Å²) >= 11 is 0. The maximum atomic E-state index is 9.47. The Hall–Kier alpha value is 0.500. The molecule has 0 aromatic rings. The zero-order valence-corrected chi connectivity index (χ0v) is 24.0. The van der Waals surface area contributed by atoms with Crippen molar-refractivity contribution < 1.29 is 18.9 Å². The third-order valence-electron chi connectivity index (χ3n) is 5.72. The average molecular weight is 500 g/mol. The van der Waals surface area contributed by atoms with E-state index in [9.17, 15) is 4.57 Å². The molecule has 0 rings (SSSR count). The second-order valence-electron chi connectivity index (χ2n) is 8.82. The topological polar surface area (TPSA) is 102 Å². The van der Waals surface area contributed by atoms with Crippen molar-refractivity contribution in [3.63, 3.8) is 0 Å². The molecular formula is C25H59NO4P2. The lowest BCUT2D eigenvalue weighted by atomic mass is 10.1. The third-order valence-corrected chi connectivity index (χ3v) is 9.04. The highest BCUT2D eigenvalue weighted by Gasteiger charge is 2.08. The molecule has 0 unspecified atom stereocenters. The molecule has 0 saturated carbocycles. The largest absolute Gasteiger partial charge is 0.469 e. The van der Waals surface area contributed by atoms with E-state index in [0.29, 0.717) is 7.92 Å². The summed E-state index contributed by atoms with van der Waals surface area (Å²) in [4.78, 5) is 15.4. The summed E-state index contributed by atoms with van der Waals surface area (Å²) in [7, 11) is -2.84. The maximum absolute atomic E-state index is 9.47. The Balaban J connectivity index is -0.00000105. The van der Waals surface area contributed by atoms with Crippen molar-refractivity contribution in [1.82, 2.24) is 6.15 Å². The Bertz CT molecular complexity index is 343. The first-order valence-electron chi connectivity index (χ1n) is 13.2. The number of rotatable bonds is 22. The van der Waals surface area contributed by atoms with Crippen molar-refractivity contribution >= 4 is 15.7 Å². The second-order valence-corrected chi connectivity index (χ2v) is 12.8. The van der Waals surface area contributed by atoms with Crippen LogP contribution in [0, 0.1) is 0 Å². The minimum absolute atomic E-state index is 0. The lowest BCUT2D eigenvalue weighted by Crippen LogP contribution is -1.97. The van der Waals surface area contributed by atoms with Crippen LogP contribution >= 0.6 is 15.7 Å². The van der Waals surface area contributed by atoms with Gasteiger partial charge >= 0.3 is 7.82 Å². The van der Waals surface area contributed by atoms with Crippen LogP contribution in [0.15, 0.2) is 0 Å². The lowest BCUT2D eigenvalue weighted by Gasteiger charge is -2.18. The van der Waals surface area contributed by atoms with Gasteiger partial charge in [0.15, 0.2) is 0 Å². The van der Waals surface area contributed by atoms with Crippen LogP contribution in [-0.2, 0) is 9.09 Å². The molecule has 0 bridgehead atoms. The summed E-state index contributed by atoms with van der Waals surface area (Å²) in [6.45, 7) is 6.96. The van der Waals surface area contributed by atoms with Crippen LogP contribution in [0.2, 0.25) is 0 Å². The minimum Gasteiger partial charge on any atom is -0.344 e. The number of hydrogen-bond donors (Lipinski definition) is 3. The zero-order valence-electron chi connectivity index (χ0n) is 22.2. The quantitative estimate of drug-likeness (QED) is 0.102. The van der Waals surface area contributed by atoms with Crippen molar-refractivity contribution in [1.29, 1.82) is 0 Å². The number of hydrogen-bond acceptors (Lipinski definition) is 3. The molecule has 0 fully saturated rings.